The summed E-state index contributed by atoms with van der Waals surface area (Å²) in [7, 11) is 0. The van der Waals surface area contributed by atoms with Gasteiger partial charge in [0.25, 0.3) is 0 Å². The lowest BCUT2D eigenvalue weighted by molar-refractivity contribution is 1.20. The fourth-order valence-electron chi connectivity index (χ4n) is 5.45. The fraction of sp³-hybridized carbons (Fsp3) is 0. The van der Waals surface area contributed by atoms with Crippen molar-refractivity contribution in [2.75, 3.05) is 0 Å². The van der Waals surface area contributed by atoms with Crippen LogP contribution in [-0.2, 0) is 0 Å². The van der Waals surface area contributed by atoms with Gasteiger partial charge >= 0.3 is 0 Å². The molecule has 0 amide bonds. The molecule has 196 valence electrons. The smallest absolute Gasteiger partial charge is 0.160 e. The summed E-state index contributed by atoms with van der Waals surface area (Å²) in [6, 6.07) is 45.1. The van der Waals surface area contributed by atoms with Crippen LogP contribution >= 0.6 is 0 Å². The van der Waals surface area contributed by atoms with E-state index in [1.165, 1.54) is 0 Å². The van der Waals surface area contributed by atoms with Crippen LogP contribution in [0.4, 0.5) is 0 Å². The topological polar surface area (TPSA) is 64.5 Å². The van der Waals surface area contributed by atoms with E-state index in [-0.39, 0.29) is 0 Å². The maximum Gasteiger partial charge on any atom is 0.160 e. The molecule has 0 radical (unpaired) electrons. The van der Waals surface area contributed by atoms with Crippen molar-refractivity contribution in [1.82, 2.24) is 24.9 Å². The molecule has 0 unspecified atom stereocenters. The summed E-state index contributed by atoms with van der Waals surface area (Å²) in [4.78, 5) is 24.8. The predicted octanol–water partition coefficient (Wildman–Crippen LogP) is 8.79. The van der Waals surface area contributed by atoms with Gasteiger partial charge in [-0.1, -0.05) is 97.1 Å². The molecule has 0 saturated carbocycles. The van der Waals surface area contributed by atoms with Gasteiger partial charge in [0, 0.05) is 27.9 Å². The average molecular weight is 538 g/mol. The molecule has 4 aromatic heterocycles. The first-order valence-electron chi connectivity index (χ1n) is 13.9. The van der Waals surface area contributed by atoms with Crippen molar-refractivity contribution < 1.29 is 0 Å². The number of para-hydroxylation sites is 1. The number of nitrogens with zero attached hydrogens (tertiary/aromatic N) is 5. The van der Waals surface area contributed by atoms with Crippen molar-refractivity contribution in [2.45, 2.75) is 0 Å². The Morgan fingerprint density at radius 2 is 1.12 bits per heavy atom. The molecule has 0 saturated heterocycles. The lowest BCUT2D eigenvalue weighted by Gasteiger charge is -2.11. The van der Waals surface area contributed by atoms with E-state index in [2.05, 4.69) is 83.8 Å². The molecular weight excluding hydrogens is 514 g/mol. The van der Waals surface area contributed by atoms with Gasteiger partial charge in [-0.05, 0) is 47.5 Å². The SMILES string of the molecule is c1ccc(-c2cccc(-c3nc(-c4cccc(-c5ccc6ccc7cccnc7c6n5)n4)c4ccccc4n3)c2)cc1. The van der Waals surface area contributed by atoms with Gasteiger partial charge < -0.3 is 0 Å². The van der Waals surface area contributed by atoms with Crippen molar-refractivity contribution >= 4 is 32.7 Å². The van der Waals surface area contributed by atoms with Crippen LogP contribution in [0, 0.1) is 0 Å². The third-order valence-corrected chi connectivity index (χ3v) is 7.52. The summed E-state index contributed by atoms with van der Waals surface area (Å²) in [6.45, 7) is 0. The zero-order valence-corrected chi connectivity index (χ0v) is 22.5. The molecule has 0 aliphatic carbocycles. The second kappa shape index (κ2) is 9.98. The Labute approximate surface area is 242 Å². The van der Waals surface area contributed by atoms with Gasteiger partial charge in [-0.25, -0.2) is 19.9 Å². The third kappa shape index (κ3) is 4.25. The monoisotopic (exact) mass is 537 g/mol. The van der Waals surface area contributed by atoms with Crippen LogP contribution in [0.1, 0.15) is 0 Å². The van der Waals surface area contributed by atoms with E-state index in [0.29, 0.717) is 5.82 Å². The van der Waals surface area contributed by atoms with Gasteiger partial charge in [0.1, 0.15) is 5.69 Å². The number of pyridine rings is 3. The minimum atomic E-state index is 0.662. The Morgan fingerprint density at radius 3 is 2.05 bits per heavy atom. The first-order chi connectivity index (χ1) is 20.8. The molecule has 0 N–H and O–H groups in total. The van der Waals surface area contributed by atoms with E-state index < -0.39 is 0 Å². The zero-order valence-electron chi connectivity index (χ0n) is 22.5. The highest BCUT2D eigenvalue weighted by Crippen LogP contribution is 2.32. The van der Waals surface area contributed by atoms with Gasteiger partial charge in [-0.2, -0.15) is 0 Å². The highest BCUT2D eigenvalue weighted by Gasteiger charge is 2.15. The predicted molar refractivity (Wildman–Crippen MR) is 170 cm³/mol. The van der Waals surface area contributed by atoms with E-state index in [9.17, 15) is 0 Å². The van der Waals surface area contributed by atoms with Crippen molar-refractivity contribution in [2.24, 2.45) is 0 Å². The van der Waals surface area contributed by atoms with Crippen LogP contribution in [0.5, 0.6) is 0 Å². The van der Waals surface area contributed by atoms with Crippen molar-refractivity contribution in [3.05, 3.63) is 140 Å². The molecule has 0 bridgehead atoms. The number of benzene rings is 4. The summed E-state index contributed by atoms with van der Waals surface area (Å²) in [6.07, 6.45) is 1.81. The van der Waals surface area contributed by atoms with Gasteiger partial charge in [0.05, 0.1) is 33.6 Å². The number of hydrogen-bond acceptors (Lipinski definition) is 5. The molecule has 5 nitrogen and oxygen atoms in total. The molecule has 0 spiro atoms. The highest BCUT2D eigenvalue weighted by molar-refractivity contribution is 6.03. The standard InChI is InChI=1S/C37H23N5/c1-2-9-24(10-3-1)27-11-6-12-28(23-27)37-41-30-15-5-4-14-29(30)36(42-37)33-17-7-16-31(39-33)32-21-20-26-19-18-25-13-8-22-38-34(25)35(26)40-32/h1-23H. The molecule has 0 aliphatic heterocycles. The molecule has 0 aliphatic rings. The summed E-state index contributed by atoms with van der Waals surface area (Å²) < 4.78 is 0. The quantitative estimate of drug-likeness (QED) is 0.210. The first-order valence-corrected chi connectivity index (χ1v) is 13.9. The summed E-state index contributed by atoms with van der Waals surface area (Å²) >= 11 is 0. The second-order valence-electron chi connectivity index (χ2n) is 10.2. The molecule has 8 rings (SSSR count). The Hall–Kier alpha value is -5.81. The minimum Gasteiger partial charge on any atom is -0.254 e. The Balaban J connectivity index is 1.27. The lowest BCUT2D eigenvalue weighted by Crippen LogP contribution is -1.98. The van der Waals surface area contributed by atoms with E-state index in [1.54, 1.807) is 0 Å². The van der Waals surface area contributed by atoms with E-state index >= 15 is 0 Å². The Kier molecular flexibility index (Phi) is 5.71. The van der Waals surface area contributed by atoms with Gasteiger partial charge in [-0.15, -0.1) is 0 Å². The van der Waals surface area contributed by atoms with E-state index in [1.807, 2.05) is 60.8 Å². The van der Waals surface area contributed by atoms with Gasteiger partial charge in [-0.3, -0.25) is 4.98 Å². The largest absolute Gasteiger partial charge is 0.254 e. The minimum absolute atomic E-state index is 0.662. The van der Waals surface area contributed by atoms with Crippen LogP contribution in [0.25, 0.3) is 78.0 Å². The van der Waals surface area contributed by atoms with E-state index in [0.717, 1.165) is 72.2 Å². The maximum atomic E-state index is 5.10. The number of rotatable bonds is 4. The van der Waals surface area contributed by atoms with Crippen LogP contribution in [-0.4, -0.2) is 24.9 Å². The van der Waals surface area contributed by atoms with Crippen LogP contribution < -0.4 is 0 Å². The second-order valence-corrected chi connectivity index (χ2v) is 10.2. The molecular formula is C37H23N5. The summed E-state index contributed by atoms with van der Waals surface area (Å²) in [5, 5.41) is 3.06. The van der Waals surface area contributed by atoms with Gasteiger partial charge in [0.2, 0.25) is 0 Å². The molecule has 0 atom stereocenters. The van der Waals surface area contributed by atoms with Crippen LogP contribution in [0.2, 0.25) is 0 Å². The molecule has 4 heterocycles. The summed E-state index contributed by atoms with van der Waals surface area (Å²) in [5.41, 5.74) is 8.97. The third-order valence-electron chi connectivity index (χ3n) is 7.52. The Morgan fingerprint density at radius 1 is 0.405 bits per heavy atom. The molecule has 4 aromatic carbocycles. The fourth-order valence-corrected chi connectivity index (χ4v) is 5.45. The Bertz CT molecular complexity index is 2260. The average Bonchev–Trinajstić information content (AvgIpc) is 3.08. The molecule has 0 fully saturated rings. The number of fused-ring (bicyclic) bond motifs is 4. The van der Waals surface area contributed by atoms with Crippen molar-refractivity contribution in [3.8, 4) is 45.3 Å². The van der Waals surface area contributed by atoms with Crippen LogP contribution in [0.15, 0.2) is 140 Å². The van der Waals surface area contributed by atoms with E-state index in [4.69, 9.17) is 19.9 Å². The van der Waals surface area contributed by atoms with Gasteiger partial charge in [0.15, 0.2) is 5.82 Å². The lowest BCUT2D eigenvalue weighted by atomic mass is 10.0. The van der Waals surface area contributed by atoms with Crippen molar-refractivity contribution in [3.63, 3.8) is 0 Å². The first kappa shape index (κ1) is 24.0. The normalized spacial score (nSPS) is 11.3. The van der Waals surface area contributed by atoms with Crippen LogP contribution in [0.3, 0.4) is 0 Å². The summed E-state index contributed by atoms with van der Waals surface area (Å²) in [5.74, 6) is 0.662. The van der Waals surface area contributed by atoms with Crippen molar-refractivity contribution in [1.29, 1.82) is 0 Å². The molecule has 8 aromatic rings. The molecule has 5 heteroatoms. The maximum absolute atomic E-state index is 5.10. The number of hydrogen-bond donors (Lipinski definition) is 0. The zero-order chi connectivity index (χ0) is 27.9. The number of aromatic nitrogens is 5. The molecule has 42 heavy (non-hydrogen) atoms. The highest BCUT2D eigenvalue weighted by atomic mass is 14.9.